The molecule has 0 amide bonds. The van der Waals surface area contributed by atoms with Gasteiger partial charge in [0.05, 0.1) is 35.9 Å². The number of esters is 1. The number of carbonyl (C=O) groups excluding carboxylic acids is 1. The van der Waals surface area contributed by atoms with E-state index in [0.29, 0.717) is 16.9 Å². The number of methoxy groups -OCH3 is 2. The second-order valence-electron chi connectivity index (χ2n) is 6.32. The third kappa shape index (κ3) is 5.57. The average molecular weight is 475 g/mol. The van der Waals surface area contributed by atoms with Crippen molar-refractivity contribution in [1.29, 1.82) is 0 Å². The zero-order valence-corrected chi connectivity index (χ0v) is 18.7. The monoisotopic (exact) mass is 474 g/mol. The van der Waals surface area contributed by atoms with Gasteiger partial charge in [0.1, 0.15) is 5.75 Å². The minimum absolute atomic E-state index is 0.0250. The molecule has 0 spiro atoms. The Morgan fingerprint density at radius 2 is 1.69 bits per heavy atom. The molecule has 0 saturated heterocycles. The molecule has 0 saturated carbocycles. The normalized spacial score (nSPS) is 11.2. The van der Waals surface area contributed by atoms with E-state index in [0.717, 1.165) is 0 Å². The molecule has 3 aromatic rings. The molecular weight excluding hydrogens is 456 g/mol. The molecule has 0 aromatic heterocycles. The van der Waals surface area contributed by atoms with E-state index in [1.165, 1.54) is 44.7 Å². The number of benzene rings is 3. The van der Waals surface area contributed by atoms with Crippen molar-refractivity contribution in [3.8, 4) is 17.2 Å². The molecule has 166 valence electrons. The van der Waals surface area contributed by atoms with Crippen molar-refractivity contribution in [2.75, 3.05) is 14.2 Å². The largest absolute Gasteiger partial charge is 0.497 e. The van der Waals surface area contributed by atoms with Crippen molar-refractivity contribution in [3.05, 3.63) is 82.9 Å². The summed E-state index contributed by atoms with van der Waals surface area (Å²) < 4.78 is 40.2. The number of hydrazone groups is 1. The Hall–Kier alpha value is -3.56. The second kappa shape index (κ2) is 10.2. The van der Waals surface area contributed by atoms with E-state index in [9.17, 15) is 13.2 Å². The van der Waals surface area contributed by atoms with Gasteiger partial charge in [0, 0.05) is 0 Å². The lowest BCUT2D eigenvalue weighted by atomic mass is 10.2. The summed E-state index contributed by atoms with van der Waals surface area (Å²) in [6.45, 7) is 0. The van der Waals surface area contributed by atoms with Crippen LogP contribution in [0.4, 0.5) is 0 Å². The molecule has 0 aliphatic heterocycles. The summed E-state index contributed by atoms with van der Waals surface area (Å²) in [6.07, 6.45) is 1.25. The van der Waals surface area contributed by atoms with E-state index in [1.807, 2.05) is 0 Å². The van der Waals surface area contributed by atoms with E-state index in [2.05, 4.69) is 9.93 Å². The summed E-state index contributed by atoms with van der Waals surface area (Å²) in [4.78, 5) is 14.7. The maximum atomic E-state index is 12.5. The number of nitrogens with zero attached hydrogens (tertiary/aromatic N) is 1. The van der Waals surface area contributed by atoms with Crippen LogP contribution in [0.15, 0.2) is 76.7 Å². The quantitative estimate of drug-likeness (QED) is 0.230. The van der Waals surface area contributed by atoms with Crippen LogP contribution in [0.25, 0.3) is 0 Å². The van der Waals surface area contributed by atoms with Gasteiger partial charge in [-0.1, -0.05) is 29.8 Å². The van der Waals surface area contributed by atoms with Gasteiger partial charge in [-0.05, 0) is 54.1 Å². The van der Waals surface area contributed by atoms with Crippen molar-refractivity contribution in [2.45, 2.75) is 4.90 Å². The van der Waals surface area contributed by atoms with Crippen LogP contribution in [-0.2, 0) is 10.0 Å². The minimum atomic E-state index is -3.81. The summed E-state index contributed by atoms with van der Waals surface area (Å²) in [5.41, 5.74) is 0.719. The first kappa shape index (κ1) is 23.1. The molecule has 0 bridgehead atoms. The molecule has 3 aromatic carbocycles. The highest BCUT2D eigenvalue weighted by atomic mass is 35.5. The minimum Gasteiger partial charge on any atom is -0.497 e. The standard InChI is InChI=1S/C22H19ClN2O6S/c1-29-17-10-8-16(9-11-17)22(26)31-21-19(23)12-15(13-20(21)30-2)14-24-25-32(27,28)18-6-4-3-5-7-18/h3-14,25H,1-2H3. The summed E-state index contributed by atoms with van der Waals surface area (Å²) in [6, 6.07) is 17.2. The zero-order chi connectivity index (χ0) is 23.1. The van der Waals surface area contributed by atoms with Crippen LogP contribution in [-0.4, -0.2) is 34.8 Å². The lowest BCUT2D eigenvalue weighted by Crippen LogP contribution is -2.18. The molecule has 1 N–H and O–H groups in total. The third-order valence-corrected chi connectivity index (χ3v) is 5.73. The van der Waals surface area contributed by atoms with Crippen LogP contribution in [0.3, 0.4) is 0 Å². The van der Waals surface area contributed by atoms with Crippen LogP contribution in [0, 0.1) is 0 Å². The number of hydrogen-bond donors (Lipinski definition) is 1. The fourth-order valence-electron chi connectivity index (χ4n) is 2.61. The summed E-state index contributed by atoms with van der Waals surface area (Å²) in [5, 5.41) is 3.85. The van der Waals surface area contributed by atoms with Crippen LogP contribution < -0.4 is 19.0 Å². The average Bonchev–Trinajstić information content (AvgIpc) is 2.81. The zero-order valence-electron chi connectivity index (χ0n) is 17.1. The number of carbonyl (C=O) groups is 1. The highest BCUT2D eigenvalue weighted by Gasteiger charge is 2.17. The number of sulfonamides is 1. The number of halogens is 1. The van der Waals surface area contributed by atoms with Gasteiger partial charge >= 0.3 is 5.97 Å². The van der Waals surface area contributed by atoms with Gasteiger partial charge in [0.25, 0.3) is 10.0 Å². The van der Waals surface area contributed by atoms with Gasteiger partial charge in [-0.15, -0.1) is 0 Å². The molecular formula is C22H19ClN2O6S. The maximum Gasteiger partial charge on any atom is 0.343 e. The van der Waals surface area contributed by atoms with Crippen LogP contribution >= 0.6 is 11.6 Å². The summed E-state index contributed by atoms with van der Waals surface area (Å²) >= 11 is 6.28. The predicted molar refractivity (Wildman–Crippen MR) is 120 cm³/mol. The van der Waals surface area contributed by atoms with Crippen molar-refractivity contribution >= 4 is 33.8 Å². The van der Waals surface area contributed by atoms with E-state index in [1.54, 1.807) is 42.5 Å². The number of hydrogen-bond acceptors (Lipinski definition) is 7. The Balaban J connectivity index is 1.77. The number of ether oxygens (including phenoxy) is 3. The van der Waals surface area contributed by atoms with E-state index in [-0.39, 0.29) is 21.4 Å². The predicted octanol–water partition coefficient (Wildman–Crippen LogP) is 3.89. The fourth-order valence-corrected chi connectivity index (χ4v) is 3.68. The Kier molecular flexibility index (Phi) is 7.34. The van der Waals surface area contributed by atoms with Gasteiger partial charge < -0.3 is 14.2 Å². The lowest BCUT2D eigenvalue weighted by molar-refractivity contribution is 0.0730. The Labute approximate surface area is 190 Å². The molecule has 0 fully saturated rings. The highest BCUT2D eigenvalue weighted by molar-refractivity contribution is 7.89. The smallest absolute Gasteiger partial charge is 0.343 e. The van der Waals surface area contributed by atoms with Gasteiger partial charge in [-0.2, -0.15) is 13.5 Å². The first-order valence-electron chi connectivity index (χ1n) is 9.17. The maximum absolute atomic E-state index is 12.5. The molecule has 3 rings (SSSR count). The molecule has 0 radical (unpaired) electrons. The van der Waals surface area contributed by atoms with E-state index in [4.69, 9.17) is 25.8 Å². The molecule has 0 aliphatic carbocycles. The van der Waals surface area contributed by atoms with E-state index >= 15 is 0 Å². The third-order valence-electron chi connectivity index (χ3n) is 4.21. The van der Waals surface area contributed by atoms with Crippen molar-refractivity contribution in [3.63, 3.8) is 0 Å². The molecule has 0 heterocycles. The van der Waals surface area contributed by atoms with Crippen molar-refractivity contribution < 1.29 is 27.4 Å². The SMILES string of the molecule is COc1ccc(C(=O)Oc2c(Cl)cc(C=NNS(=O)(=O)c3ccccc3)cc2OC)cc1. The first-order chi connectivity index (χ1) is 15.3. The highest BCUT2D eigenvalue weighted by Crippen LogP contribution is 2.36. The molecule has 0 atom stereocenters. The Morgan fingerprint density at radius 3 is 2.31 bits per heavy atom. The lowest BCUT2D eigenvalue weighted by Gasteiger charge is -2.12. The van der Waals surface area contributed by atoms with Gasteiger partial charge in [0.2, 0.25) is 0 Å². The number of rotatable bonds is 8. The van der Waals surface area contributed by atoms with E-state index < -0.39 is 16.0 Å². The Bertz CT molecular complexity index is 1230. The van der Waals surface area contributed by atoms with Crippen molar-refractivity contribution in [2.24, 2.45) is 5.10 Å². The molecule has 32 heavy (non-hydrogen) atoms. The molecule has 0 aliphatic rings. The Morgan fingerprint density at radius 1 is 1.00 bits per heavy atom. The van der Waals surface area contributed by atoms with Crippen molar-refractivity contribution in [1.82, 2.24) is 4.83 Å². The molecule has 0 unspecified atom stereocenters. The summed E-state index contributed by atoms with van der Waals surface area (Å²) in [7, 11) is -0.899. The second-order valence-corrected chi connectivity index (χ2v) is 8.39. The number of nitrogens with one attached hydrogen (secondary N) is 1. The van der Waals surface area contributed by atoms with Gasteiger partial charge in [-0.25, -0.2) is 9.63 Å². The van der Waals surface area contributed by atoms with Crippen LogP contribution in [0.2, 0.25) is 5.02 Å². The van der Waals surface area contributed by atoms with Gasteiger partial charge in [-0.3, -0.25) is 0 Å². The van der Waals surface area contributed by atoms with Crippen LogP contribution in [0.1, 0.15) is 15.9 Å². The molecule has 10 heteroatoms. The summed E-state index contributed by atoms with van der Waals surface area (Å²) in [5.74, 6) is 0.164. The topological polar surface area (TPSA) is 103 Å². The first-order valence-corrected chi connectivity index (χ1v) is 11.0. The van der Waals surface area contributed by atoms with Gasteiger partial charge in [0.15, 0.2) is 11.5 Å². The molecule has 8 nitrogen and oxygen atoms in total. The van der Waals surface area contributed by atoms with Crippen LogP contribution in [0.5, 0.6) is 17.2 Å². The fraction of sp³-hybridized carbons (Fsp3) is 0.0909.